The molecular formula is C21H22N2O3S. The first-order valence-electron chi connectivity index (χ1n) is 8.70. The summed E-state index contributed by atoms with van der Waals surface area (Å²) in [5.74, 6) is -0.164. The van der Waals surface area contributed by atoms with Crippen molar-refractivity contribution < 1.29 is 14.3 Å². The molecule has 2 rings (SSSR count). The van der Waals surface area contributed by atoms with Crippen LogP contribution in [0, 0.1) is 11.3 Å². The van der Waals surface area contributed by atoms with Crippen molar-refractivity contribution in [3.63, 3.8) is 0 Å². The van der Waals surface area contributed by atoms with Crippen molar-refractivity contribution >= 4 is 23.6 Å². The molecule has 1 N–H and O–H groups in total. The number of hydrogen-bond acceptors (Lipinski definition) is 5. The van der Waals surface area contributed by atoms with E-state index in [9.17, 15) is 9.59 Å². The average molecular weight is 382 g/mol. The van der Waals surface area contributed by atoms with Crippen molar-refractivity contribution in [2.45, 2.75) is 37.0 Å². The SMILES string of the molecule is CCC(C)NC(=O)COC(=O)c1ccccc1SCc1ccc(C#N)cc1. The fourth-order valence-electron chi connectivity index (χ4n) is 2.23. The van der Waals surface area contributed by atoms with E-state index in [1.165, 1.54) is 11.8 Å². The third kappa shape index (κ3) is 6.46. The number of ether oxygens (including phenoxy) is 1. The Morgan fingerprint density at radius 3 is 2.56 bits per heavy atom. The number of amides is 1. The van der Waals surface area contributed by atoms with Gasteiger partial charge >= 0.3 is 5.97 Å². The van der Waals surface area contributed by atoms with E-state index in [2.05, 4.69) is 11.4 Å². The zero-order valence-corrected chi connectivity index (χ0v) is 16.2. The minimum absolute atomic E-state index is 0.0477. The standard InChI is InChI=1S/C21H22N2O3S/c1-3-15(2)23-20(24)13-26-21(25)18-6-4-5-7-19(18)27-14-17-10-8-16(12-22)9-11-17/h4-11,15H,3,13-14H2,1-2H3,(H,23,24). The van der Waals surface area contributed by atoms with Gasteiger partial charge < -0.3 is 10.1 Å². The molecule has 0 radical (unpaired) electrons. The summed E-state index contributed by atoms with van der Waals surface area (Å²) in [7, 11) is 0. The van der Waals surface area contributed by atoms with Gasteiger partial charge in [-0.05, 0) is 43.2 Å². The van der Waals surface area contributed by atoms with Gasteiger partial charge in [0.2, 0.25) is 0 Å². The lowest BCUT2D eigenvalue weighted by atomic mass is 10.2. The number of carbonyl (C=O) groups is 2. The van der Waals surface area contributed by atoms with Crippen molar-refractivity contribution in [2.24, 2.45) is 0 Å². The molecule has 2 aromatic rings. The van der Waals surface area contributed by atoms with Gasteiger partial charge in [0.25, 0.3) is 5.91 Å². The van der Waals surface area contributed by atoms with Gasteiger partial charge in [-0.15, -0.1) is 11.8 Å². The van der Waals surface area contributed by atoms with E-state index < -0.39 is 5.97 Å². The minimum atomic E-state index is -0.516. The number of rotatable bonds is 8. The van der Waals surface area contributed by atoms with Crippen LogP contribution in [0.4, 0.5) is 0 Å². The van der Waals surface area contributed by atoms with Gasteiger partial charge in [0.1, 0.15) is 0 Å². The molecule has 5 nitrogen and oxygen atoms in total. The van der Waals surface area contributed by atoms with Gasteiger partial charge in [0.05, 0.1) is 17.2 Å². The number of hydrogen-bond donors (Lipinski definition) is 1. The molecule has 0 aliphatic heterocycles. The average Bonchev–Trinajstić information content (AvgIpc) is 2.71. The highest BCUT2D eigenvalue weighted by molar-refractivity contribution is 7.98. The fourth-order valence-corrected chi connectivity index (χ4v) is 3.22. The maximum Gasteiger partial charge on any atom is 0.339 e. The predicted molar refractivity (Wildman–Crippen MR) is 105 cm³/mol. The molecule has 0 saturated carbocycles. The molecule has 1 amide bonds. The van der Waals surface area contributed by atoms with E-state index in [0.29, 0.717) is 16.9 Å². The highest BCUT2D eigenvalue weighted by Crippen LogP contribution is 2.27. The molecule has 0 saturated heterocycles. The van der Waals surface area contributed by atoms with Crippen molar-refractivity contribution in [2.75, 3.05) is 6.61 Å². The fraction of sp³-hybridized carbons (Fsp3) is 0.286. The van der Waals surface area contributed by atoms with Crippen LogP contribution in [0.5, 0.6) is 0 Å². The van der Waals surface area contributed by atoms with Gasteiger partial charge in [-0.25, -0.2) is 4.79 Å². The highest BCUT2D eigenvalue weighted by atomic mass is 32.2. The predicted octanol–water partition coefficient (Wildman–Crippen LogP) is 3.92. The Hall–Kier alpha value is -2.78. The van der Waals surface area contributed by atoms with Crippen LogP contribution in [0.1, 0.15) is 41.8 Å². The second kappa shape index (κ2) is 10.4. The van der Waals surface area contributed by atoms with E-state index in [1.807, 2.05) is 38.1 Å². The van der Waals surface area contributed by atoms with Crippen LogP contribution in [0.15, 0.2) is 53.4 Å². The number of nitrogens with zero attached hydrogens (tertiary/aromatic N) is 1. The third-order valence-corrected chi connectivity index (χ3v) is 5.08. The van der Waals surface area contributed by atoms with Gasteiger partial charge in [-0.2, -0.15) is 5.26 Å². The molecular weight excluding hydrogens is 360 g/mol. The Kier molecular flexibility index (Phi) is 7.90. The van der Waals surface area contributed by atoms with E-state index >= 15 is 0 Å². The van der Waals surface area contributed by atoms with Crippen molar-refractivity contribution in [1.82, 2.24) is 5.32 Å². The van der Waals surface area contributed by atoms with Crippen molar-refractivity contribution in [3.8, 4) is 6.07 Å². The van der Waals surface area contributed by atoms with Crippen LogP contribution < -0.4 is 5.32 Å². The summed E-state index contributed by atoms with van der Waals surface area (Å²) in [5, 5.41) is 11.6. The molecule has 0 aliphatic carbocycles. The Balaban J connectivity index is 1.96. The molecule has 0 heterocycles. The zero-order chi connectivity index (χ0) is 19.6. The van der Waals surface area contributed by atoms with Gasteiger partial charge in [0.15, 0.2) is 6.61 Å². The summed E-state index contributed by atoms with van der Waals surface area (Å²) in [6.45, 7) is 3.57. The molecule has 0 spiro atoms. The van der Waals surface area contributed by atoms with Crippen LogP contribution in [0.25, 0.3) is 0 Å². The Bertz CT molecular complexity index is 828. The first-order valence-corrected chi connectivity index (χ1v) is 9.69. The summed E-state index contributed by atoms with van der Waals surface area (Å²) in [4.78, 5) is 24.9. The maximum atomic E-state index is 12.4. The number of esters is 1. The molecule has 2 aromatic carbocycles. The van der Waals surface area contributed by atoms with Crippen LogP contribution in [-0.4, -0.2) is 24.5 Å². The van der Waals surface area contributed by atoms with Gasteiger partial charge in [-0.1, -0.05) is 31.2 Å². The monoisotopic (exact) mass is 382 g/mol. The van der Waals surface area contributed by atoms with Crippen LogP contribution in [0.3, 0.4) is 0 Å². The summed E-state index contributed by atoms with van der Waals surface area (Å²) >= 11 is 1.51. The number of thioether (sulfide) groups is 1. The van der Waals surface area contributed by atoms with Crippen LogP contribution >= 0.6 is 11.8 Å². The Labute approximate surface area is 163 Å². The minimum Gasteiger partial charge on any atom is -0.452 e. The van der Waals surface area contributed by atoms with Crippen LogP contribution in [-0.2, 0) is 15.3 Å². The highest BCUT2D eigenvalue weighted by Gasteiger charge is 2.15. The lowest BCUT2D eigenvalue weighted by Gasteiger charge is -2.12. The summed E-state index contributed by atoms with van der Waals surface area (Å²) < 4.78 is 5.16. The van der Waals surface area contributed by atoms with Gasteiger partial charge in [0, 0.05) is 16.7 Å². The summed E-state index contributed by atoms with van der Waals surface area (Å²) in [6, 6.07) is 16.6. The normalized spacial score (nSPS) is 11.3. The smallest absolute Gasteiger partial charge is 0.339 e. The first-order chi connectivity index (χ1) is 13.0. The number of benzene rings is 2. The molecule has 0 fully saturated rings. The Morgan fingerprint density at radius 2 is 1.89 bits per heavy atom. The number of carbonyl (C=O) groups excluding carboxylic acids is 2. The lowest BCUT2D eigenvalue weighted by Crippen LogP contribution is -2.35. The number of nitriles is 1. The third-order valence-electron chi connectivity index (χ3n) is 3.94. The lowest BCUT2D eigenvalue weighted by molar-refractivity contribution is -0.124. The molecule has 1 atom stereocenters. The second-order valence-electron chi connectivity index (χ2n) is 6.05. The summed E-state index contributed by atoms with van der Waals surface area (Å²) in [5.41, 5.74) is 2.10. The molecule has 0 bridgehead atoms. The molecule has 140 valence electrons. The van der Waals surface area contributed by atoms with Gasteiger partial charge in [-0.3, -0.25) is 4.79 Å². The Morgan fingerprint density at radius 1 is 1.19 bits per heavy atom. The summed E-state index contributed by atoms with van der Waals surface area (Å²) in [6.07, 6.45) is 0.814. The van der Waals surface area contributed by atoms with E-state index in [-0.39, 0.29) is 18.6 Å². The molecule has 6 heteroatoms. The first kappa shape index (κ1) is 20.5. The maximum absolute atomic E-state index is 12.4. The second-order valence-corrected chi connectivity index (χ2v) is 7.06. The molecule has 1 unspecified atom stereocenters. The van der Waals surface area contributed by atoms with E-state index in [0.717, 1.165) is 16.9 Å². The molecule has 0 aromatic heterocycles. The molecule has 27 heavy (non-hydrogen) atoms. The van der Waals surface area contributed by atoms with Crippen molar-refractivity contribution in [1.29, 1.82) is 5.26 Å². The van der Waals surface area contributed by atoms with Crippen LogP contribution in [0.2, 0.25) is 0 Å². The van der Waals surface area contributed by atoms with E-state index in [1.54, 1.807) is 24.3 Å². The number of nitrogens with one attached hydrogen (secondary N) is 1. The molecule has 0 aliphatic rings. The quantitative estimate of drug-likeness (QED) is 0.553. The van der Waals surface area contributed by atoms with E-state index in [4.69, 9.17) is 10.00 Å². The topological polar surface area (TPSA) is 79.2 Å². The largest absolute Gasteiger partial charge is 0.452 e. The zero-order valence-electron chi connectivity index (χ0n) is 15.4. The van der Waals surface area contributed by atoms with Crippen molar-refractivity contribution in [3.05, 3.63) is 65.2 Å².